The summed E-state index contributed by atoms with van der Waals surface area (Å²) in [5.74, 6) is 3.06. The van der Waals surface area contributed by atoms with Crippen LogP contribution >= 0.6 is 0 Å². The molecule has 38 heavy (non-hydrogen) atoms. The number of ether oxygens (including phenoxy) is 3. The number of rotatable bonds is 9. The quantitative estimate of drug-likeness (QED) is 0.247. The minimum absolute atomic E-state index is 0.00610. The molecule has 0 radical (unpaired) electrons. The molecule has 0 saturated carbocycles. The molecule has 1 unspecified atom stereocenters. The lowest BCUT2D eigenvalue weighted by Crippen LogP contribution is -2.10. The molecule has 0 aliphatic carbocycles. The first-order valence-corrected chi connectivity index (χ1v) is 12.1. The molecular formula is C29H28N6O3. The number of hydrogen-bond acceptors (Lipinski definition) is 9. The summed E-state index contributed by atoms with van der Waals surface area (Å²) >= 11 is 0. The van der Waals surface area contributed by atoms with Crippen LogP contribution in [0.25, 0.3) is 22.2 Å². The van der Waals surface area contributed by atoms with Gasteiger partial charge in [-0.2, -0.15) is 4.98 Å². The monoisotopic (exact) mass is 508 g/mol. The Bertz CT molecular complexity index is 1550. The molecule has 0 amide bonds. The van der Waals surface area contributed by atoms with Gasteiger partial charge in [0.05, 0.1) is 32.9 Å². The summed E-state index contributed by atoms with van der Waals surface area (Å²) in [4.78, 5) is 18.0. The van der Waals surface area contributed by atoms with Crippen LogP contribution in [0.15, 0.2) is 79.3 Å². The third-order valence-corrected chi connectivity index (χ3v) is 6.18. The van der Waals surface area contributed by atoms with E-state index in [-0.39, 0.29) is 6.04 Å². The Balaban J connectivity index is 1.44. The van der Waals surface area contributed by atoms with Gasteiger partial charge in [-0.1, -0.05) is 42.5 Å². The number of anilines is 3. The molecule has 5 aromatic rings. The van der Waals surface area contributed by atoms with Crippen LogP contribution in [-0.2, 0) is 0 Å². The van der Waals surface area contributed by atoms with Crippen molar-refractivity contribution in [1.82, 2.24) is 19.9 Å². The Hall–Kier alpha value is -4.92. The standard InChI is InChI=1S/C29H28N6O3/c1-18(21-12-7-10-19-9-5-6-11-22(19)21)33-27-23(13-8-14-30-27)28-31-17-32-29(35-28)34-20-15-24(36-2)26(38-4)25(16-20)37-3/h5-18H,1-4H3,(H,30,33)(H,31,32,34,35). The average molecular weight is 509 g/mol. The van der Waals surface area contributed by atoms with Crippen LogP contribution in [0.1, 0.15) is 18.5 Å². The van der Waals surface area contributed by atoms with Gasteiger partial charge in [0, 0.05) is 24.0 Å². The maximum Gasteiger partial charge on any atom is 0.230 e. The van der Waals surface area contributed by atoms with E-state index in [1.54, 1.807) is 39.7 Å². The van der Waals surface area contributed by atoms with E-state index in [9.17, 15) is 0 Å². The summed E-state index contributed by atoms with van der Waals surface area (Å²) in [6, 6.07) is 22.0. The molecule has 3 aromatic carbocycles. The van der Waals surface area contributed by atoms with Crippen molar-refractivity contribution in [2.75, 3.05) is 32.0 Å². The maximum atomic E-state index is 5.45. The lowest BCUT2D eigenvalue weighted by Gasteiger charge is -2.19. The average Bonchev–Trinajstić information content (AvgIpc) is 2.96. The van der Waals surface area contributed by atoms with Crippen LogP contribution in [0, 0.1) is 0 Å². The largest absolute Gasteiger partial charge is 0.493 e. The van der Waals surface area contributed by atoms with E-state index in [4.69, 9.17) is 14.2 Å². The van der Waals surface area contributed by atoms with Crippen molar-refractivity contribution in [3.8, 4) is 28.6 Å². The highest BCUT2D eigenvalue weighted by Crippen LogP contribution is 2.40. The van der Waals surface area contributed by atoms with Gasteiger partial charge in [0.1, 0.15) is 12.1 Å². The molecule has 0 aliphatic heterocycles. The third-order valence-electron chi connectivity index (χ3n) is 6.18. The number of hydrogen-bond donors (Lipinski definition) is 2. The molecule has 0 spiro atoms. The summed E-state index contributed by atoms with van der Waals surface area (Å²) in [5.41, 5.74) is 2.61. The number of methoxy groups -OCH3 is 3. The van der Waals surface area contributed by atoms with Gasteiger partial charge in [0.2, 0.25) is 11.7 Å². The molecular weight excluding hydrogens is 480 g/mol. The molecule has 2 heterocycles. The topological polar surface area (TPSA) is 103 Å². The number of nitrogens with zero attached hydrogens (tertiary/aromatic N) is 4. The zero-order valence-electron chi connectivity index (χ0n) is 21.6. The first kappa shape index (κ1) is 24.8. The number of fused-ring (bicyclic) bond motifs is 1. The van der Waals surface area contributed by atoms with E-state index >= 15 is 0 Å². The second kappa shape index (κ2) is 11.0. The highest BCUT2D eigenvalue weighted by molar-refractivity contribution is 5.86. The van der Waals surface area contributed by atoms with Gasteiger partial charge in [0.15, 0.2) is 17.3 Å². The van der Waals surface area contributed by atoms with E-state index in [2.05, 4.69) is 73.9 Å². The van der Waals surface area contributed by atoms with E-state index in [0.717, 1.165) is 5.56 Å². The first-order chi connectivity index (χ1) is 18.6. The molecule has 2 aromatic heterocycles. The molecule has 2 N–H and O–H groups in total. The lowest BCUT2D eigenvalue weighted by atomic mass is 9.99. The van der Waals surface area contributed by atoms with Crippen LogP contribution in [0.3, 0.4) is 0 Å². The molecule has 9 heteroatoms. The Kier molecular flexibility index (Phi) is 7.17. The highest BCUT2D eigenvalue weighted by atomic mass is 16.5. The van der Waals surface area contributed by atoms with Crippen LogP contribution < -0.4 is 24.8 Å². The summed E-state index contributed by atoms with van der Waals surface area (Å²) in [6.07, 6.45) is 3.21. The fourth-order valence-corrected chi connectivity index (χ4v) is 4.38. The Morgan fingerprint density at radius 3 is 2.32 bits per heavy atom. The first-order valence-electron chi connectivity index (χ1n) is 12.1. The predicted octanol–water partition coefficient (Wildman–Crippen LogP) is 6.03. The van der Waals surface area contributed by atoms with Gasteiger partial charge >= 0.3 is 0 Å². The van der Waals surface area contributed by atoms with Gasteiger partial charge in [-0.25, -0.2) is 15.0 Å². The molecule has 9 nitrogen and oxygen atoms in total. The highest BCUT2D eigenvalue weighted by Gasteiger charge is 2.17. The van der Waals surface area contributed by atoms with E-state index < -0.39 is 0 Å². The van der Waals surface area contributed by atoms with Crippen molar-refractivity contribution in [2.24, 2.45) is 0 Å². The zero-order valence-corrected chi connectivity index (χ0v) is 21.6. The fraction of sp³-hybridized carbons (Fsp3) is 0.172. The number of aromatic nitrogens is 4. The van der Waals surface area contributed by atoms with Crippen molar-refractivity contribution in [3.63, 3.8) is 0 Å². The second-order valence-corrected chi connectivity index (χ2v) is 8.51. The summed E-state index contributed by atoms with van der Waals surface area (Å²) < 4.78 is 16.3. The van der Waals surface area contributed by atoms with Crippen LogP contribution in [0.5, 0.6) is 17.2 Å². The van der Waals surface area contributed by atoms with Crippen LogP contribution in [0.2, 0.25) is 0 Å². The number of pyridine rings is 1. The Labute approximate surface area is 220 Å². The van der Waals surface area contributed by atoms with Gasteiger partial charge in [-0.15, -0.1) is 0 Å². The van der Waals surface area contributed by atoms with Crippen LogP contribution in [-0.4, -0.2) is 41.3 Å². The second-order valence-electron chi connectivity index (χ2n) is 8.51. The zero-order chi connectivity index (χ0) is 26.5. The van der Waals surface area contributed by atoms with E-state index in [1.807, 2.05) is 18.2 Å². The lowest BCUT2D eigenvalue weighted by molar-refractivity contribution is 0.324. The van der Waals surface area contributed by atoms with E-state index in [1.165, 1.54) is 22.7 Å². The normalized spacial score (nSPS) is 11.6. The predicted molar refractivity (Wildman–Crippen MR) is 148 cm³/mol. The number of benzene rings is 3. The third kappa shape index (κ3) is 4.99. The minimum Gasteiger partial charge on any atom is -0.493 e. The van der Waals surface area contributed by atoms with Crippen molar-refractivity contribution in [1.29, 1.82) is 0 Å². The molecule has 0 aliphatic rings. The summed E-state index contributed by atoms with van der Waals surface area (Å²) in [7, 11) is 4.70. The molecule has 5 rings (SSSR count). The van der Waals surface area contributed by atoms with Crippen molar-refractivity contribution >= 4 is 28.2 Å². The summed E-state index contributed by atoms with van der Waals surface area (Å²) in [5, 5.41) is 9.15. The Morgan fingerprint density at radius 2 is 1.55 bits per heavy atom. The smallest absolute Gasteiger partial charge is 0.230 e. The Morgan fingerprint density at radius 1 is 0.789 bits per heavy atom. The molecule has 1 atom stereocenters. The summed E-state index contributed by atoms with van der Waals surface area (Å²) in [6.45, 7) is 2.12. The van der Waals surface area contributed by atoms with Crippen molar-refractivity contribution < 1.29 is 14.2 Å². The van der Waals surface area contributed by atoms with E-state index in [0.29, 0.717) is 40.5 Å². The molecule has 0 saturated heterocycles. The van der Waals surface area contributed by atoms with Crippen molar-refractivity contribution in [2.45, 2.75) is 13.0 Å². The van der Waals surface area contributed by atoms with Crippen LogP contribution in [0.4, 0.5) is 17.5 Å². The molecule has 192 valence electrons. The minimum atomic E-state index is -0.00610. The van der Waals surface area contributed by atoms with Gasteiger partial charge in [-0.05, 0) is 35.4 Å². The van der Waals surface area contributed by atoms with Crippen molar-refractivity contribution in [3.05, 3.63) is 84.8 Å². The van der Waals surface area contributed by atoms with Gasteiger partial charge < -0.3 is 24.8 Å². The fourth-order valence-electron chi connectivity index (χ4n) is 4.38. The number of nitrogens with one attached hydrogen (secondary N) is 2. The van der Waals surface area contributed by atoms with Gasteiger partial charge in [0.25, 0.3) is 0 Å². The SMILES string of the molecule is COc1cc(Nc2ncnc(-c3cccnc3NC(C)c3cccc4ccccc34)n2)cc(OC)c1OC. The van der Waals surface area contributed by atoms with Gasteiger partial charge in [-0.3, -0.25) is 0 Å². The maximum absolute atomic E-state index is 5.45. The molecule has 0 fully saturated rings. The molecule has 0 bridgehead atoms.